The zero-order valence-electron chi connectivity index (χ0n) is 11.2. The number of hydrogen-bond donors (Lipinski definition) is 3. The fraction of sp³-hybridized carbons (Fsp3) is 0.0625. The van der Waals surface area contributed by atoms with Crippen molar-refractivity contribution in [2.45, 2.75) is 6.42 Å². The summed E-state index contributed by atoms with van der Waals surface area (Å²) < 4.78 is 0. The molecule has 4 nitrogen and oxygen atoms in total. The fourth-order valence-corrected chi connectivity index (χ4v) is 2.24. The number of aromatic nitrogens is 3. The Bertz CT molecular complexity index is 886. The van der Waals surface area contributed by atoms with Crippen LogP contribution in [0.3, 0.4) is 0 Å². The zero-order valence-corrected chi connectivity index (χ0v) is 11.9. The smallest absolute Gasteiger partial charge is 0.271 e. The molecule has 3 rings (SSSR count). The second-order valence-electron chi connectivity index (χ2n) is 4.71. The van der Waals surface area contributed by atoms with E-state index in [0.29, 0.717) is 5.22 Å². The van der Waals surface area contributed by atoms with E-state index in [1.54, 1.807) is 0 Å². The quantitative estimate of drug-likeness (QED) is 0.675. The predicted molar refractivity (Wildman–Crippen MR) is 84.6 cm³/mol. The highest BCUT2D eigenvalue weighted by Gasteiger charge is 1.97. The van der Waals surface area contributed by atoms with E-state index in [9.17, 15) is 4.79 Å². The fourth-order valence-electron chi connectivity index (χ4n) is 2.12. The summed E-state index contributed by atoms with van der Waals surface area (Å²) in [7, 11) is 0. The van der Waals surface area contributed by atoms with Crippen LogP contribution in [0.15, 0.2) is 47.4 Å². The molecule has 0 bridgehead atoms. The second kappa shape index (κ2) is 5.89. The Hall–Kier alpha value is -2.46. The predicted octanol–water partition coefficient (Wildman–Crippen LogP) is 1.54. The van der Waals surface area contributed by atoms with E-state index in [1.165, 1.54) is 0 Å². The van der Waals surface area contributed by atoms with Crippen LogP contribution in [0.4, 0.5) is 0 Å². The molecule has 0 spiro atoms. The van der Waals surface area contributed by atoms with E-state index < -0.39 is 0 Å². The molecule has 1 aromatic carbocycles. The van der Waals surface area contributed by atoms with Crippen LogP contribution in [-0.4, -0.2) is 15.2 Å². The number of H-pyrrole nitrogens is 3. The van der Waals surface area contributed by atoms with Crippen molar-refractivity contribution in [3.63, 3.8) is 0 Å². The number of rotatable bonds is 3. The molecule has 0 aliphatic rings. The van der Waals surface area contributed by atoms with Gasteiger partial charge in [0.05, 0.1) is 10.6 Å². The van der Waals surface area contributed by atoms with Gasteiger partial charge < -0.3 is 4.98 Å². The molecule has 2 heterocycles. The van der Waals surface area contributed by atoms with Crippen LogP contribution in [0.2, 0.25) is 5.02 Å². The molecule has 21 heavy (non-hydrogen) atoms. The van der Waals surface area contributed by atoms with Crippen molar-refractivity contribution in [2.75, 3.05) is 0 Å². The minimum absolute atomic E-state index is 0.132. The molecule has 0 atom stereocenters. The van der Waals surface area contributed by atoms with Gasteiger partial charge in [-0.3, -0.25) is 15.0 Å². The SMILES string of the molecule is O=c1[nH][nH]c(=CCc2ccc(Cl)cc2)c1=Cc1ccc[nH]1. The molecule has 0 radical (unpaired) electrons. The van der Waals surface area contributed by atoms with E-state index in [0.717, 1.165) is 28.0 Å². The van der Waals surface area contributed by atoms with Gasteiger partial charge in [0, 0.05) is 16.9 Å². The third-order valence-corrected chi connectivity index (χ3v) is 3.47. The van der Waals surface area contributed by atoms with Crippen LogP contribution in [0.25, 0.3) is 12.2 Å². The van der Waals surface area contributed by atoms with Gasteiger partial charge >= 0.3 is 0 Å². The summed E-state index contributed by atoms with van der Waals surface area (Å²) in [5.41, 5.74) is 1.89. The minimum Gasteiger partial charge on any atom is -0.362 e. The van der Waals surface area contributed by atoms with Gasteiger partial charge in [-0.25, -0.2) is 0 Å². The lowest BCUT2D eigenvalue weighted by Gasteiger charge is -1.95. The maximum Gasteiger partial charge on any atom is 0.271 e. The molecule has 0 saturated heterocycles. The molecular formula is C16H14ClN3O. The van der Waals surface area contributed by atoms with Crippen molar-refractivity contribution in [3.8, 4) is 0 Å². The first-order valence-electron chi connectivity index (χ1n) is 6.59. The Morgan fingerprint density at radius 1 is 1.10 bits per heavy atom. The number of nitrogens with one attached hydrogen (secondary N) is 3. The summed E-state index contributed by atoms with van der Waals surface area (Å²) in [5, 5.41) is 7.64. The molecule has 5 heteroatoms. The van der Waals surface area contributed by atoms with Gasteiger partial charge in [0.1, 0.15) is 0 Å². The summed E-state index contributed by atoms with van der Waals surface area (Å²) in [6.07, 6.45) is 6.35. The lowest BCUT2D eigenvalue weighted by atomic mass is 10.1. The minimum atomic E-state index is -0.132. The van der Waals surface area contributed by atoms with Crippen LogP contribution >= 0.6 is 11.6 Å². The van der Waals surface area contributed by atoms with Crippen LogP contribution < -0.4 is 16.1 Å². The van der Waals surface area contributed by atoms with Gasteiger partial charge in [-0.2, -0.15) is 0 Å². The van der Waals surface area contributed by atoms with Gasteiger partial charge in [-0.15, -0.1) is 0 Å². The summed E-state index contributed by atoms with van der Waals surface area (Å²) in [6.45, 7) is 0. The highest BCUT2D eigenvalue weighted by Crippen LogP contribution is 2.09. The molecule has 0 amide bonds. The molecule has 3 aromatic rings. The lowest BCUT2D eigenvalue weighted by molar-refractivity contribution is 1.03. The van der Waals surface area contributed by atoms with Gasteiger partial charge in [0.25, 0.3) is 5.56 Å². The Morgan fingerprint density at radius 2 is 1.90 bits per heavy atom. The average Bonchev–Trinajstić information content (AvgIpc) is 3.11. The van der Waals surface area contributed by atoms with Crippen molar-refractivity contribution in [2.24, 2.45) is 0 Å². The monoisotopic (exact) mass is 299 g/mol. The molecule has 0 saturated carbocycles. The lowest BCUT2D eigenvalue weighted by Crippen LogP contribution is -2.33. The van der Waals surface area contributed by atoms with E-state index in [-0.39, 0.29) is 5.56 Å². The molecule has 0 unspecified atom stereocenters. The first-order chi connectivity index (χ1) is 10.2. The van der Waals surface area contributed by atoms with Crippen LogP contribution in [-0.2, 0) is 6.42 Å². The second-order valence-corrected chi connectivity index (χ2v) is 5.15. The molecule has 106 valence electrons. The van der Waals surface area contributed by atoms with Crippen molar-refractivity contribution in [1.82, 2.24) is 15.2 Å². The maximum absolute atomic E-state index is 11.9. The Kier molecular flexibility index (Phi) is 3.79. The molecule has 0 aliphatic heterocycles. The van der Waals surface area contributed by atoms with Gasteiger partial charge in [-0.1, -0.05) is 29.8 Å². The third kappa shape index (κ3) is 3.17. The van der Waals surface area contributed by atoms with E-state index in [2.05, 4.69) is 15.2 Å². The van der Waals surface area contributed by atoms with Gasteiger partial charge in [0.2, 0.25) is 0 Å². The number of halogens is 1. The maximum atomic E-state index is 11.9. The topological polar surface area (TPSA) is 64.4 Å². The molecule has 0 fully saturated rings. The highest BCUT2D eigenvalue weighted by molar-refractivity contribution is 6.30. The largest absolute Gasteiger partial charge is 0.362 e. The van der Waals surface area contributed by atoms with Crippen molar-refractivity contribution in [1.29, 1.82) is 0 Å². The summed E-state index contributed by atoms with van der Waals surface area (Å²) in [5.74, 6) is 0. The van der Waals surface area contributed by atoms with Crippen LogP contribution in [0, 0.1) is 0 Å². The standard InChI is InChI=1S/C16H14ClN3O/c17-12-6-3-11(4-7-12)5-8-15-14(16(21)20-19-15)10-13-2-1-9-18-13/h1-4,6-10,18-19H,5H2,(H,20,21). The Balaban J connectivity index is 1.98. The summed E-state index contributed by atoms with van der Waals surface area (Å²) >= 11 is 5.87. The van der Waals surface area contributed by atoms with E-state index in [4.69, 9.17) is 11.6 Å². The van der Waals surface area contributed by atoms with Gasteiger partial charge in [-0.05, 0) is 42.3 Å². The van der Waals surface area contributed by atoms with Crippen molar-refractivity contribution >= 4 is 23.8 Å². The van der Waals surface area contributed by atoms with E-state index >= 15 is 0 Å². The average molecular weight is 300 g/mol. The first kappa shape index (κ1) is 13.5. The molecule has 0 aliphatic carbocycles. The number of benzene rings is 1. The third-order valence-electron chi connectivity index (χ3n) is 3.22. The normalized spacial score (nSPS) is 13.0. The highest BCUT2D eigenvalue weighted by atomic mass is 35.5. The number of aromatic amines is 3. The zero-order chi connectivity index (χ0) is 14.7. The Morgan fingerprint density at radius 3 is 2.62 bits per heavy atom. The van der Waals surface area contributed by atoms with E-state index in [1.807, 2.05) is 54.7 Å². The molecule has 3 N–H and O–H groups in total. The van der Waals surface area contributed by atoms with Gasteiger partial charge in [0.15, 0.2) is 0 Å². The van der Waals surface area contributed by atoms with Crippen LogP contribution in [0.1, 0.15) is 11.3 Å². The van der Waals surface area contributed by atoms with Crippen molar-refractivity contribution < 1.29 is 0 Å². The first-order valence-corrected chi connectivity index (χ1v) is 6.96. The van der Waals surface area contributed by atoms with Crippen molar-refractivity contribution in [3.05, 3.63) is 79.8 Å². The number of hydrogen-bond acceptors (Lipinski definition) is 1. The summed E-state index contributed by atoms with van der Waals surface area (Å²) in [4.78, 5) is 14.9. The van der Waals surface area contributed by atoms with Crippen LogP contribution in [0.5, 0.6) is 0 Å². The molecular weight excluding hydrogens is 286 g/mol. The Labute approximate surface area is 125 Å². The summed E-state index contributed by atoms with van der Waals surface area (Å²) in [6, 6.07) is 11.5. The molecule has 2 aromatic heterocycles.